The maximum absolute atomic E-state index is 5.56. The summed E-state index contributed by atoms with van der Waals surface area (Å²) in [6.07, 6.45) is 2.20. The average Bonchev–Trinajstić information content (AvgIpc) is 3.25. The van der Waals surface area contributed by atoms with Gasteiger partial charge in [0.15, 0.2) is 6.29 Å². The van der Waals surface area contributed by atoms with Crippen molar-refractivity contribution < 1.29 is 9.47 Å². The van der Waals surface area contributed by atoms with Gasteiger partial charge < -0.3 is 19.3 Å². The van der Waals surface area contributed by atoms with E-state index in [-0.39, 0.29) is 6.29 Å². The van der Waals surface area contributed by atoms with Gasteiger partial charge in [-0.25, -0.2) is 0 Å². The van der Waals surface area contributed by atoms with E-state index in [0.717, 1.165) is 12.0 Å². The van der Waals surface area contributed by atoms with Crippen molar-refractivity contribution in [2.75, 3.05) is 53.0 Å². The smallest absolute Gasteiger partial charge is 0.184 e. The fourth-order valence-electron chi connectivity index (χ4n) is 3.83. The van der Waals surface area contributed by atoms with E-state index in [1.54, 1.807) is 0 Å². The first-order valence-corrected chi connectivity index (χ1v) is 10.1. The minimum absolute atomic E-state index is 0.193. The van der Waals surface area contributed by atoms with E-state index in [0.29, 0.717) is 13.2 Å². The molecule has 0 atom stereocenters. The Morgan fingerprint density at radius 1 is 0.815 bits per heavy atom. The first-order chi connectivity index (χ1) is 13.3. The Bertz CT molecular complexity index is 700. The van der Waals surface area contributed by atoms with Crippen LogP contribution in [0, 0.1) is 0 Å². The normalized spacial score (nSPS) is 19.6. The molecule has 144 valence electrons. The Morgan fingerprint density at radius 3 is 2.04 bits per heavy atom. The standard InChI is InChI=1S/C23H30N2O2/c1-24-13-15-25(16-14-24)12-2-3-19-4-6-20(7-5-19)21-8-10-22(11-9-21)23-26-17-18-27-23/h4-11,23H,2-3,12-18H2,1H3. The molecule has 0 spiro atoms. The van der Waals surface area contributed by atoms with E-state index < -0.39 is 0 Å². The summed E-state index contributed by atoms with van der Waals surface area (Å²) in [7, 11) is 2.21. The Morgan fingerprint density at radius 2 is 1.41 bits per heavy atom. The van der Waals surface area contributed by atoms with Crippen molar-refractivity contribution in [3.63, 3.8) is 0 Å². The summed E-state index contributed by atoms with van der Waals surface area (Å²) in [5.41, 5.74) is 5.02. The van der Waals surface area contributed by atoms with E-state index >= 15 is 0 Å². The SMILES string of the molecule is CN1CCN(CCCc2ccc(-c3ccc(C4OCCO4)cc3)cc2)CC1. The van der Waals surface area contributed by atoms with Crippen LogP contribution in [0.5, 0.6) is 0 Å². The molecule has 2 aromatic carbocycles. The van der Waals surface area contributed by atoms with Gasteiger partial charge in [0, 0.05) is 31.7 Å². The number of piperazine rings is 1. The third-order valence-electron chi connectivity index (χ3n) is 5.63. The number of hydrogen-bond acceptors (Lipinski definition) is 4. The lowest BCUT2D eigenvalue weighted by atomic mass is 10.0. The van der Waals surface area contributed by atoms with Crippen molar-refractivity contribution in [2.24, 2.45) is 0 Å². The van der Waals surface area contributed by atoms with Gasteiger partial charge in [-0.2, -0.15) is 0 Å². The van der Waals surface area contributed by atoms with E-state index in [1.807, 2.05) is 0 Å². The summed E-state index contributed by atoms with van der Waals surface area (Å²) in [6, 6.07) is 17.6. The molecule has 0 N–H and O–H groups in total. The molecule has 4 heteroatoms. The number of aryl methyl sites for hydroxylation is 1. The molecule has 4 rings (SSSR count). The summed E-state index contributed by atoms with van der Waals surface area (Å²) in [4.78, 5) is 5.00. The molecule has 0 radical (unpaired) electrons. The molecule has 2 aliphatic heterocycles. The molecule has 2 saturated heterocycles. The minimum Gasteiger partial charge on any atom is -0.346 e. The minimum atomic E-state index is -0.193. The van der Waals surface area contributed by atoms with Crippen LogP contribution in [0.3, 0.4) is 0 Å². The molecule has 2 aromatic rings. The summed E-state index contributed by atoms with van der Waals surface area (Å²) in [6.45, 7) is 7.40. The second-order valence-corrected chi connectivity index (χ2v) is 7.64. The highest BCUT2D eigenvalue weighted by atomic mass is 16.7. The lowest BCUT2D eigenvalue weighted by Crippen LogP contribution is -2.44. The van der Waals surface area contributed by atoms with Gasteiger partial charge in [0.2, 0.25) is 0 Å². The zero-order valence-electron chi connectivity index (χ0n) is 16.3. The van der Waals surface area contributed by atoms with Crippen LogP contribution in [-0.2, 0) is 15.9 Å². The Labute approximate surface area is 162 Å². The van der Waals surface area contributed by atoms with E-state index in [4.69, 9.17) is 9.47 Å². The van der Waals surface area contributed by atoms with Crippen molar-refractivity contribution in [3.8, 4) is 11.1 Å². The monoisotopic (exact) mass is 366 g/mol. The first-order valence-electron chi connectivity index (χ1n) is 10.1. The largest absolute Gasteiger partial charge is 0.346 e. The van der Waals surface area contributed by atoms with Crippen molar-refractivity contribution in [2.45, 2.75) is 19.1 Å². The van der Waals surface area contributed by atoms with Crippen molar-refractivity contribution in [1.29, 1.82) is 0 Å². The fraction of sp³-hybridized carbons (Fsp3) is 0.478. The molecular weight excluding hydrogens is 336 g/mol. The molecule has 0 unspecified atom stereocenters. The molecule has 0 saturated carbocycles. The summed E-state index contributed by atoms with van der Waals surface area (Å²) in [5.74, 6) is 0. The van der Waals surface area contributed by atoms with E-state index in [9.17, 15) is 0 Å². The predicted molar refractivity (Wildman–Crippen MR) is 109 cm³/mol. The third-order valence-corrected chi connectivity index (χ3v) is 5.63. The first kappa shape index (κ1) is 18.6. The van der Waals surface area contributed by atoms with Crippen LogP contribution in [0.15, 0.2) is 48.5 Å². The van der Waals surface area contributed by atoms with Crippen molar-refractivity contribution >= 4 is 0 Å². The van der Waals surface area contributed by atoms with E-state index in [2.05, 4.69) is 65.4 Å². The van der Waals surface area contributed by atoms with Crippen LogP contribution in [0.1, 0.15) is 23.8 Å². The molecule has 2 heterocycles. The van der Waals surface area contributed by atoms with Crippen LogP contribution in [0.4, 0.5) is 0 Å². The van der Waals surface area contributed by atoms with Gasteiger partial charge in [0.05, 0.1) is 13.2 Å². The van der Waals surface area contributed by atoms with Gasteiger partial charge >= 0.3 is 0 Å². The van der Waals surface area contributed by atoms with E-state index in [1.165, 1.54) is 55.8 Å². The van der Waals surface area contributed by atoms with Crippen molar-refractivity contribution in [3.05, 3.63) is 59.7 Å². The maximum atomic E-state index is 5.56. The van der Waals surface area contributed by atoms with Gasteiger partial charge in [-0.05, 0) is 43.1 Å². The maximum Gasteiger partial charge on any atom is 0.184 e. The molecule has 2 fully saturated rings. The van der Waals surface area contributed by atoms with Gasteiger partial charge in [-0.15, -0.1) is 0 Å². The van der Waals surface area contributed by atoms with Crippen molar-refractivity contribution in [1.82, 2.24) is 9.80 Å². The molecule has 0 aromatic heterocycles. The fourth-order valence-corrected chi connectivity index (χ4v) is 3.83. The second-order valence-electron chi connectivity index (χ2n) is 7.64. The number of ether oxygens (including phenoxy) is 2. The quantitative estimate of drug-likeness (QED) is 0.780. The topological polar surface area (TPSA) is 24.9 Å². The van der Waals surface area contributed by atoms with Crippen LogP contribution in [0.25, 0.3) is 11.1 Å². The van der Waals surface area contributed by atoms with Crippen LogP contribution in [-0.4, -0.2) is 62.8 Å². The van der Waals surface area contributed by atoms with Gasteiger partial charge in [-0.1, -0.05) is 48.5 Å². The van der Waals surface area contributed by atoms with Crippen LogP contribution < -0.4 is 0 Å². The van der Waals surface area contributed by atoms with Gasteiger partial charge in [0.25, 0.3) is 0 Å². The summed E-state index contributed by atoms with van der Waals surface area (Å²) < 4.78 is 11.1. The lowest BCUT2D eigenvalue weighted by Gasteiger charge is -2.32. The number of hydrogen-bond donors (Lipinski definition) is 0. The Balaban J connectivity index is 1.28. The molecule has 0 amide bonds. The van der Waals surface area contributed by atoms with Gasteiger partial charge in [-0.3, -0.25) is 0 Å². The van der Waals surface area contributed by atoms with Gasteiger partial charge in [0.1, 0.15) is 0 Å². The Kier molecular flexibility index (Phi) is 6.20. The highest BCUT2D eigenvalue weighted by Gasteiger charge is 2.17. The Hall–Kier alpha value is -1.72. The third kappa shape index (κ3) is 4.96. The molecular formula is C23H30N2O2. The highest BCUT2D eigenvalue weighted by Crippen LogP contribution is 2.26. The molecule has 0 bridgehead atoms. The summed E-state index contributed by atoms with van der Waals surface area (Å²) in [5, 5.41) is 0. The highest BCUT2D eigenvalue weighted by molar-refractivity contribution is 5.64. The number of rotatable bonds is 6. The molecule has 2 aliphatic rings. The zero-order valence-corrected chi connectivity index (χ0v) is 16.3. The molecule has 0 aliphatic carbocycles. The van der Waals surface area contributed by atoms with Crippen LogP contribution in [0.2, 0.25) is 0 Å². The second kappa shape index (κ2) is 8.98. The predicted octanol–water partition coefficient (Wildman–Crippen LogP) is 3.58. The number of nitrogens with zero attached hydrogens (tertiary/aromatic N) is 2. The zero-order chi connectivity index (χ0) is 18.5. The molecule has 4 nitrogen and oxygen atoms in total. The lowest BCUT2D eigenvalue weighted by molar-refractivity contribution is -0.0441. The average molecular weight is 367 g/mol. The summed E-state index contributed by atoms with van der Waals surface area (Å²) >= 11 is 0. The number of benzene rings is 2. The number of likely N-dealkylation sites (N-methyl/N-ethyl adjacent to an activating group) is 1. The van der Waals surface area contributed by atoms with Crippen LogP contribution >= 0.6 is 0 Å². The molecule has 27 heavy (non-hydrogen) atoms.